The van der Waals surface area contributed by atoms with E-state index in [1.165, 1.54) is 0 Å². The Hall–Kier alpha value is -13.5. The van der Waals surface area contributed by atoms with Gasteiger partial charge in [-0.15, -0.1) is 0 Å². The van der Waals surface area contributed by atoms with Gasteiger partial charge in [-0.3, -0.25) is 38.4 Å². The van der Waals surface area contributed by atoms with Crippen LogP contribution in [0.5, 0.6) is 0 Å². The van der Waals surface area contributed by atoms with Gasteiger partial charge in [0.2, 0.25) is 0 Å². The summed E-state index contributed by atoms with van der Waals surface area (Å²) >= 11 is 0. The Morgan fingerprint density at radius 1 is 0.206 bits per heavy atom. The number of nitrogens with zero attached hydrogens (tertiary/aromatic N) is 12. The summed E-state index contributed by atoms with van der Waals surface area (Å²) in [5, 5.41) is 0. The van der Waals surface area contributed by atoms with Gasteiger partial charge >= 0.3 is 70.8 Å². The molecule has 13 heterocycles. The van der Waals surface area contributed by atoms with Gasteiger partial charge in [-0.2, -0.15) is 45.6 Å². The molecule has 0 aliphatic carbocycles. The van der Waals surface area contributed by atoms with Gasteiger partial charge in [-0.25, -0.2) is 36.5 Å². The van der Waals surface area contributed by atoms with Gasteiger partial charge in [0.05, 0.1) is 78.0 Å². The average molecular weight is 1940 g/mol. The maximum atomic E-state index is 15.3. The standard InChI is InChI=1S/C104H128N20O16.Mg/c105-25-49-117-33-9-73(10-34-117)65-133-97(125)5-1-81-85(57-101(129)137-69-77-17-41-121(42-18-77)53-29-109)93-62-91-83(3-7-99(127)135-67-75-13-37-119(38-14-75)51-27-107)86(58-102(130)138-70-78-19-43-122(44-20-78)54-30-110)94(115-91)63-92-84(4-8-100(128)136-68-76-15-39-120(40-16-76)52-28-108)88(60-104(132)140-72-80-23-47-124(48-24-80)56-32-112)96(116-92)64-95-87(59-103(131)139-71-79-21-45-123(46-22-79)55-31-111)82(90(114-95)61-89(81)113-93)2-6-98(126)134-66-74-11-35-118(36-12-74)50-26-106;/h9-24,33-48H,1-8,25-32,49-72,105-112H2;/q+4;+2. The Bertz CT molecular complexity index is 6110. The Morgan fingerprint density at radius 3 is 0.468 bits per heavy atom. The zero-order valence-corrected chi connectivity index (χ0v) is 81.4. The van der Waals surface area contributed by atoms with E-state index in [1.807, 2.05) is 233 Å². The molecular formula is C104H128MgN20O16+6. The van der Waals surface area contributed by atoms with E-state index in [4.69, 9.17) is 104 Å². The molecule has 36 nitrogen and oxygen atoms in total. The van der Waals surface area contributed by atoms with E-state index in [9.17, 15) is 19.2 Å². The second-order valence-electron chi connectivity index (χ2n) is 34.4. The maximum absolute atomic E-state index is 15.3. The Morgan fingerprint density at radius 2 is 0.333 bits per heavy atom. The van der Waals surface area contributed by atoms with Crippen molar-refractivity contribution in [2.24, 2.45) is 45.9 Å². The van der Waals surface area contributed by atoms with Crippen LogP contribution < -0.4 is 102 Å². The summed E-state index contributed by atoms with van der Waals surface area (Å²) in [6, 6.07) is 29.3. The summed E-state index contributed by atoms with van der Waals surface area (Å²) in [6.07, 6.45) is 25.5. The Balaban J connectivity index is 0.0000178. The molecule has 16 N–H and O–H groups in total. The molecule has 8 bridgehead atoms. The van der Waals surface area contributed by atoms with Gasteiger partial charge in [0.25, 0.3) is 0 Å². The van der Waals surface area contributed by atoms with Gasteiger partial charge in [-0.05, 0) is 51.4 Å². The number of esters is 8. The molecule has 13 rings (SSSR count). The third-order valence-electron chi connectivity index (χ3n) is 24.2. The van der Waals surface area contributed by atoms with Crippen LogP contribution in [0.2, 0.25) is 0 Å². The normalized spacial score (nSPS) is 11.6. The van der Waals surface area contributed by atoms with Crippen LogP contribution in [0.3, 0.4) is 0 Å². The molecular weight excluding hydrogens is 1810 g/mol. The minimum Gasteiger partial charge on any atom is -0.664 e. The Labute approximate surface area is 835 Å². The second kappa shape index (κ2) is 54.9. The third-order valence-corrected chi connectivity index (χ3v) is 24.2. The van der Waals surface area contributed by atoms with Gasteiger partial charge in [-0.1, -0.05) is 44.5 Å². The molecule has 1 aliphatic rings. The van der Waals surface area contributed by atoms with Crippen molar-refractivity contribution in [3.63, 3.8) is 0 Å². The molecule has 0 aromatic carbocycles. The van der Waals surface area contributed by atoms with Crippen LogP contribution in [-0.4, -0.2) is 123 Å². The third kappa shape index (κ3) is 32.3. The molecule has 0 unspecified atom stereocenters. The van der Waals surface area contributed by atoms with Gasteiger partial charge < -0.3 is 104 Å². The topological polar surface area (TPSA) is 506 Å². The average Bonchev–Trinajstić information content (AvgIpc) is 1.60. The van der Waals surface area contributed by atoms with E-state index in [0.717, 1.165) is 0 Å². The van der Waals surface area contributed by atoms with Crippen molar-refractivity contribution in [3.8, 4) is 0 Å². The molecule has 736 valence electrons. The van der Waals surface area contributed by atoms with E-state index in [1.54, 1.807) is 0 Å². The first-order chi connectivity index (χ1) is 68.2. The smallest absolute Gasteiger partial charge is 0.664 e. The summed E-state index contributed by atoms with van der Waals surface area (Å²) in [5.41, 5.74) is 58.3. The van der Waals surface area contributed by atoms with Crippen molar-refractivity contribution in [2.45, 2.75) is 208 Å². The Kier molecular flexibility index (Phi) is 41.4. The van der Waals surface area contributed by atoms with Gasteiger partial charge in [0.1, 0.15) is 52.9 Å². The number of pyridine rings is 8. The van der Waals surface area contributed by atoms with Crippen molar-refractivity contribution in [3.05, 3.63) is 331 Å². The fourth-order valence-electron chi connectivity index (χ4n) is 16.8. The van der Waals surface area contributed by atoms with Crippen LogP contribution in [0.15, 0.2) is 196 Å². The minimum absolute atomic E-state index is 0. The molecule has 0 saturated heterocycles. The molecule has 0 amide bonds. The number of carbonyl (C=O) groups is 8. The summed E-state index contributed by atoms with van der Waals surface area (Å²) in [4.78, 5) is 142. The van der Waals surface area contributed by atoms with Gasteiger partial charge in [0, 0.05) is 167 Å². The summed E-state index contributed by atoms with van der Waals surface area (Å²) in [5.74, 6) is -5.12. The van der Waals surface area contributed by atoms with Crippen LogP contribution in [0, 0.1) is 0 Å². The molecule has 0 radical (unpaired) electrons. The minimum atomic E-state index is -0.684. The first-order valence-corrected chi connectivity index (χ1v) is 47.6. The van der Waals surface area contributed by atoms with Crippen LogP contribution in [0.4, 0.5) is 0 Å². The quantitative estimate of drug-likeness (QED) is 0.0104. The molecule has 0 saturated carbocycles. The molecule has 1 aliphatic heterocycles. The van der Waals surface area contributed by atoms with Crippen LogP contribution >= 0.6 is 0 Å². The number of carbonyl (C=O) groups excluding carboxylic acids is 8. The van der Waals surface area contributed by atoms with Crippen LogP contribution in [0.25, 0.3) is 0 Å². The van der Waals surface area contributed by atoms with E-state index in [-0.39, 0.29) is 176 Å². The number of ether oxygens (including phenoxy) is 8. The number of nitrogens with two attached hydrogens (primary N) is 8. The van der Waals surface area contributed by atoms with E-state index < -0.39 is 73.4 Å². The summed E-state index contributed by atoms with van der Waals surface area (Å²) in [7, 11) is 0. The largest absolute Gasteiger partial charge is 2.00 e. The number of rotatable bonds is 52. The molecule has 0 fully saturated rings. The fraction of sp³-hybridized carbons (Fsp3) is 0.385. The van der Waals surface area contributed by atoms with Crippen LogP contribution in [-0.2, 0) is 259 Å². The number of fused-ring (bicyclic) bond motifs is 8. The van der Waals surface area contributed by atoms with Crippen molar-refractivity contribution in [2.75, 3.05) is 52.4 Å². The zero-order valence-electron chi connectivity index (χ0n) is 80.0. The molecule has 0 spiro atoms. The molecule has 0 atom stereocenters. The SMILES string of the molecule is NCC[n+]1ccc(COC(=O)CCc2c3[n-]c(c2CC(=O)OCc2cc[n+](CCN)cc2)Cc2[n-]c(c(CC(=O)OCc4cc[n+](CCN)cc4)c2CCC(=O)OCc2cc[n+](CCN)cc2)Cc2[n-]c(c(CC(=O)OCc4cc[n+](CCN)cc4)c2CCC(=O)OCc2cc[n+](CCN)cc2)Cc2[n-]c(c(CCC(=O)OCc4cc[n+](CCN)cc4)c2CC(=O)OCc2cc[n+](CCN)cc2)C3)cc1.[Mg+2]. The van der Waals surface area contributed by atoms with Crippen molar-refractivity contribution in [1.29, 1.82) is 0 Å². The number of aromatic nitrogens is 12. The van der Waals surface area contributed by atoms with E-state index in [0.29, 0.717) is 217 Å². The predicted octanol–water partition coefficient (Wildman–Crippen LogP) is -0.372. The first kappa shape index (κ1) is 106. The zero-order chi connectivity index (χ0) is 98.5. The first-order valence-electron chi connectivity index (χ1n) is 47.6. The summed E-state index contributed by atoms with van der Waals surface area (Å²) in [6.45, 7) is 6.66. The van der Waals surface area contributed by atoms with E-state index >= 15 is 19.2 Å². The maximum Gasteiger partial charge on any atom is 2.00 e. The predicted molar refractivity (Wildman–Crippen MR) is 508 cm³/mol. The molecule has 12 aromatic heterocycles. The van der Waals surface area contributed by atoms with Crippen molar-refractivity contribution in [1.82, 2.24) is 19.9 Å². The monoisotopic (exact) mass is 1940 g/mol. The van der Waals surface area contributed by atoms with Crippen molar-refractivity contribution >= 4 is 70.8 Å². The van der Waals surface area contributed by atoms with Crippen molar-refractivity contribution < 1.29 is 113 Å². The molecule has 37 heteroatoms. The number of hydrogen-bond acceptors (Lipinski definition) is 24. The molecule has 141 heavy (non-hydrogen) atoms. The second-order valence-corrected chi connectivity index (χ2v) is 34.4. The van der Waals surface area contributed by atoms with Gasteiger partial charge in [0.15, 0.2) is 152 Å². The molecule has 12 aromatic rings. The number of hydrogen-bond donors (Lipinski definition) is 8. The van der Waals surface area contributed by atoms with Crippen LogP contribution in [0.1, 0.15) is 160 Å². The van der Waals surface area contributed by atoms with E-state index in [2.05, 4.69) is 0 Å². The fourth-order valence-corrected chi connectivity index (χ4v) is 16.8. The summed E-state index contributed by atoms with van der Waals surface area (Å²) < 4.78 is 64.4.